The van der Waals surface area contributed by atoms with Gasteiger partial charge in [-0.2, -0.15) is 0 Å². The topological polar surface area (TPSA) is 58.4 Å². The van der Waals surface area contributed by atoms with Gasteiger partial charge in [0.25, 0.3) is 0 Å². The smallest absolute Gasteiger partial charge is 0.312 e. The van der Waals surface area contributed by atoms with Gasteiger partial charge < -0.3 is 14.6 Å². The molecule has 5 heteroatoms. The number of carboxylic acid groups (broad SMARTS) is 1. The number of hydrogen-bond donors (Lipinski definition) is 1. The van der Waals surface area contributed by atoms with Gasteiger partial charge in [-0.25, -0.2) is 0 Å². The van der Waals surface area contributed by atoms with Crippen molar-refractivity contribution in [1.29, 1.82) is 0 Å². The van der Waals surface area contributed by atoms with Crippen LogP contribution in [-0.2, 0) is 24.3 Å². The molecule has 1 atom stereocenters. The Morgan fingerprint density at radius 2 is 2.04 bits per heavy atom. The van der Waals surface area contributed by atoms with Crippen LogP contribution in [0.25, 0.3) is 10.9 Å². The third kappa shape index (κ3) is 2.88. The lowest BCUT2D eigenvalue weighted by Gasteiger charge is -2.25. The first-order chi connectivity index (χ1) is 12.5. The Hall–Kier alpha value is -2.66. The summed E-state index contributed by atoms with van der Waals surface area (Å²) in [7, 11) is 2.14. The van der Waals surface area contributed by atoms with E-state index in [2.05, 4.69) is 46.6 Å². The van der Waals surface area contributed by atoms with E-state index in [4.69, 9.17) is 0 Å². The highest BCUT2D eigenvalue weighted by atomic mass is 16.4. The first kappa shape index (κ1) is 16.8. The maximum atomic E-state index is 12.0. The fraction of sp³-hybridized carbons (Fsp3) is 0.333. The van der Waals surface area contributed by atoms with Crippen LogP contribution in [-0.4, -0.2) is 39.1 Å². The van der Waals surface area contributed by atoms with Crippen LogP contribution >= 0.6 is 0 Å². The highest BCUT2D eigenvalue weighted by Gasteiger charge is 2.27. The molecule has 4 rings (SSSR count). The molecule has 3 aromatic rings. The summed E-state index contributed by atoms with van der Waals surface area (Å²) in [4.78, 5) is 18.3. The number of aliphatic carboxylic acids is 1. The van der Waals surface area contributed by atoms with Gasteiger partial charge in [-0.3, -0.25) is 9.78 Å². The molecule has 2 aromatic heterocycles. The average Bonchev–Trinajstić information content (AvgIpc) is 2.92. The van der Waals surface area contributed by atoms with Gasteiger partial charge >= 0.3 is 5.97 Å². The minimum Gasteiger partial charge on any atom is -0.481 e. The van der Waals surface area contributed by atoms with Gasteiger partial charge in [-0.1, -0.05) is 11.6 Å². The predicted molar refractivity (Wildman–Crippen MR) is 101 cm³/mol. The van der Waals surface area contributed by atoms with Gasteiger partial charge in [0, 0.05) is 55.0 Å². The molecule has 1 unspecified atom stereocenters. The molecule has 1 aliphatic rings. The number of aryl methyl sites for hydroxylation is 1. The molecule has 0 aliphatic carbocycles. The molecule has 0 spiro atoms. The number of hydrogen-bond acceptors (Lipinski definition) is 3. The molecular formula is C21H23N3O2. The van der Waals surface area contributed by atoms with E-state index in [9.17, 15) is 9.90 Å². The Labute approximate surface area is 152 Å². The van der Waals surface area contributed by atoms with Crippen molar-refractivity contribution in [3.63, 3.8) is 0 Å². The lowest BCUT2D eigenvalue weighted by Crippen LogP contribution is -2.28. The summed E-state index contributed by atoms with van der Waals surface area (Å²) in [6.07, 6.45) is 4.27. The minimum absolute atomic E-state index is 0.442. The molecule has 0 radical (unpaired) electrons. The summed E-state index contributed by atoms with van der Waals surface area (Å²) >= 11 is 0. The van der Waals surface area contributed by atoms with Crippen LogP contribution in [0.15, 0.2) is 42.7 Å². The van der Waals surface area contributed by atoms with Crippen molar-refractivity contribution in [2.24, 2.45) is 0 Å². The van der Waals surface area contributed by atoms with Crippen molar-refractivity contribution in [3.05, 3.63) is 65.1 Å². The van der Waals surface area contributed by atoms with Gasteiger partial charge in [0.05, 0.1) is 5.92 Å². The Balaban J connectivity index is 1.84. The van der Waals surface area contributed by atoms with Gasteiger partial charge in [-0.05, 0) is 49.4 Å². The molecule has 134 valence electrons. The lowest BCUT2D eigenvalue weighted by molar-refractivity contribution is -0.139. The Morgan fingerprint density at radius 1 is 1.27 bits per heavy atom. The Bertz CT molecular complexity index is 962. The standard InChI is InChI=1S/C21H23N3O2/c1-14-3-4-19-16(11-14)18-12-23(2)10-7-20(18)24(19)13-17(21(25)26)15-5-8-22-9-6-15/h3-6,8-9,11,17H,7,10,12-13H2,1-2H3,(H,25,26). The molecule has 0 bridgehead atoms. The molecule has 1 aliphatic heterocycles. The average molecular weight is 349 g/mol. The molecule has 5 nitrogen and oxygen atoms in total. The van der Waals surface area contributed by atoms with Gasteiger partial charge in [0.1, 0.15) is 0 Å². The van der Waals surface area contributed by atoms with Crippen molar-refractivity contribution in [1.82, 2.24) is 14.5 Å². The van der Waals surface area contributed by atoms with Crippen LogP contribution in [0.4, 0.5) is 0 Å². The highest BCUT2D eigenvalue weighted by molar-refractivity contribution is 5.87. The Morgan fingerprint density at radius 3 is 2.77 bits per heavy atom. The summed E-state index contributed by atoms with van der Waals surface area (Å²) in [5, 5.41) is 11.1. The van der Waals surface area contributed by atoms with Gasteiger partial charge in [0.2, 0.25) is 0 Å². The van der Waals surface area contributed by atoms with E-state index in [-0.39, 0.29) is 0 Å². The van der Waals surface area contributed by atoms with Gasteiger partial charge in [0.15, 0.2) is 0 Å². The number of rotatable bonds is 4. The van der Waals surface area contributed by atoms with Crippen LogP contribution in [0.1, 0.15) is 28.3 Å². The van der Waals surface area contributed by atoms with E-state index < -0.39 is 11.9 Å². The van der Waals surface area contributed by atoms with E-state index >= 15 is 0 Å². The zero-order valence-corrected chi connectivity index (χ0v) is 15.1. The van der Waals surface area contributed by atoms with Gasteiger partial charge in [-0.15, -0.1) is 0 Å². The summed E-state index contributed by atoms with van der Waals surface area (Å²) in [6, 6.07) is 10.1. The molecule has 1 aromatic carbocycles. The van der Waals surface area contributed by atoms with Crippen molar-refractivity contribution < 1.29 is 9.90 Å². The molecule has 0 saturated heterocycles. The molecule has 0 saturated carbocycles. The summed E-state index contributed by atoms with van der Waals surface area (Å²) < 4.78 is 2.23. The first-order valence-corrected chi connectivity index (χ1v) is 8.96. The molecular weight excluding hydrogens is 326 g/mol. The number of benzene rings is 1. The maximum Gasteiger partial charge on any atom is 0.312 e. The number of likely N-dealkylation sites (N-methyl/N-ethyl adjacent to an activating group) is 1. The molecule has 3 heterocycles. The third-order valence-electron chi connectivity index (χ3n) is 5.37. The number of nitrogens with zero attached hydrogens (tertiary/aromatic N) is 3. The van der Waals surface area contributed by atoms with Crippen LogP contribution in [0.3, 0.4) is 0 Å². The minimum atomic E-state index is -0.799. The second-order valence-corrected chi connectivity index (χ2v) is 7.22. The Kier molecular flexibility index (Phi) is 4.24. The van der Waals surface area contributed by atoms with Crippen molar-refractivity contribution in [2.45, 2.75) is 32.4 Å². The lowest BCUT2D eigenvalue weighted by atomic mass is 10.00. The molecule has 0 fully saturated rings. The number of carbonyl (C=O) groups is 1. The van der Waals surface area contributed by atoms with E-state index in [1.165, 1.54) is 22.2 Å². The van der Waals surface area contributed by atoms with Crippen LogP contribution < -0.4 is 0 Å². The largest absolute Gasteiger partial charge is 0.481 e. The second kappa shape index (κ2) is 6.57. The number of fused-ring (bicyclic) bond motifs is 3. The third-order valence-corrected chi connectivity index (χ3v) is 5.37. The first-order valence-electron chi connectivity index (χ1n) is 8.96. The zero-order valence-electron chi connectivity index (χ0n) is 15.1. The van der Waals surface area contributed by atoms with E-state index in [1.54, 1.807) is 24.5 Å². The maximum absolute atomic E-state index is 12.0. The van der Waals surface area contributed by atoms with E-state index in [1.807, 2.05) is 0 Å². The molecule has 26 heavy (non-hydrogen) atoms. The monoisotopic (exact) mass is 349 g/mol. The van der Waals surface area contributed by atoms with E-state index in [0.717, 1.165) is 30.6 Å². The predicted octanol–water partition coefficient (Wildman–Crippen LogP) is 3.20. The number of carboxylic acids is 1. The van der Waals surface area contributed by atoms with Crippen molar-refractivity contribution in [3.8, 4) is 0 Å². The van der Waals surface area contributed by atoms with Crippen LogP contribution in [0.5, 0.6) is 0 Å². The molecule has 1 N–H and O–H groups in total. The van der Waals surface area contributed by atoms with Crippen molar-refractivity contribution in [2.75, 3.05) is 13.6 Å². The van der Waals surface area contributed by atoms with Crippen molar-refractivity contribution >= 4 is 16.9 Å². The SMILES string of the molecule is Cc1ccc2c(c1)c1c(n2CC(C(=O)O)c2ccncc2)CCN(C)C1. The van der Waals surface area contributed by atoms with Crippen LogP contribution in [0.2, 0.25) is 0 Å². The normalized spacial score (nSPS) is 15.8. The molecule has 0 amide bonds. The number of pyridine rings is 1. The van der Waals surface area contributed by atoms with E-state index in [0.29, 0.717) is 6.54 Å². The van der Waals surface area contributed by atoms with Crippen LogP contribution in [0, 0.1) is 6.92 Å². The summed E-state index contributed by atoms with van der Waals surface area (Å²) in [5.41, 5.74) is 5.79. The summed E-state index contributed by atoms with van der Waals surface area (Å²) in [6.45, 7) is 4.45. The fourth-order valence-corrected chi connectivity index (χ4v) is 4.01. The fourth-order valence-electron chi connectivity index (χ4n) is 4.01. The summed E-state index contributed by atoms with van der Waals surface area (Å²) in [5.74, 6) is -1.38. The second-order valence-electron chi connectivity index (χ2n) is 7.22. The highest BCUT2D eigenvalue weighted by Crippen LogP contribution is 2.33. The number of aromatic nitrogens is 2. The zero-order chi connectivity index (χ0) is 18.3. The quantitative estimate of drug-likeness (QED) is 0.786.